The van der Waals surface area contributed by atoms with Crippen LogP contribution in [0.2, 0.25) is 0 Å². The van der Waals surface area contributed by atoms with E-state index in [0.29, 0.717) is 0 Å². The highest BCUT2D eigenvalue weighted by molar-refractivity contribution is 5.10. The van der Waals surface area contributed by atoms with Crippen molar-refractivity contribution < 1.29 is 4.74 Å². The van der Waals surface area contributed by atoms with Crippen LogP contribution in [0.3, 0.4) is 0 Å². The summed E-state index contributed by atoms with van der Waals surface area (Å²) in [4.78, 5) is 9.94. The molecule has 102 valence electrons. The molecule has 0 bridgehead atoms. The van der Waals surface area contributed by atoms with Gasteiger partial charge in [0.1, 0.15) is 5.82 Å². The number of H-pyrrole nitrogens is 2. The first-order valence-corrected chi connectivity index (χ1v) is 6.53. The number of likely N-dealkylation sites (tertiary alicyclic amines) is 1. The van der Waals surface area contributed by atoms with Crippen LogP contribution in [0.15, 0.2) is 18.5 Å². The van der Waals surface area contributed by atoms with E-state index in [1.807, 2.05) is 19.3 Å². The van der Waals surface area contributed by atoms with Crippen molar-refractivity contribution in [2.24, 2.45) is 0 Å². The number of aromatic nitrogens is 4. The number of rotatable bonds is 4. The molecule has 0 spiro atoms. The quantitative estimate of drug-likeness (QED) is 0.873. The fraction of sp³-hybridized carbons (Fsp3) is 0.538. The van der Waals surface area contributed by atoms with Gasteiger partial charge in [0.2, 0.25) is 0 Å². The minimum Gasteiger partial charge on any atom is -0.380 e. The SMILES string of the molecule is CO[C@@H]1C[C@@H](c2n[nH]c(C)n2)N(Cc2cc[nH]c2)C1. The maximum Gasteiger partial charge on any atom is 0.167 e. The lowest BCUT2D eigenvalue weighted by Crippen LogP contribution is -2.25. The van der Waals surface area contributed by atoms with Gasteiger partial charge in [-0.3, -0.25) is 10.00 Å². The second-order valence-corrected chi connectivity index (χ2v) is 5.04. The first-order valence-electron chi connectivity index (χ1n) is 6.53. The maximum absolute atomic E-state index is 5.50. The van der Waals surface area contributed by atoms with E-state index < -0.39 is 0 Å². The van der Waals surface area contributed by atoms with Gasteiger partial charge in [-0.2, -0.15) is 5.10 Å². The van der Waals surface area contributed by atoms with Crippen LogP contribution in [0, 0.1) is 6.92 Å². The van der Waals surface area contributed by atoms with Crippen LogP contribution in [0.1, 0.15) is 29.7 Å². The predicted octanol–water partition coefficient (Wildman–Crippen LogP) is 1.40. The number of hydrogen-bond donors (Lipinski definition) is 2. The van der Waals surface area contributed by atoms with Crippen LogP contribution >= 0.6 is 0 Å². The van der Waals surface area contributed by atoms with E-state index in [1.54, 1.807) is 7.11 Å². The highest BCUT2D eigenvalue weighted by atomic mass is 16.5. The molecule has 1 fully saturated rings. The van der Waals surface area contributed by atoms with Crippen molar-refractivity contribution in [3.63, 3.8) is 0 Å². The number of ether oxygens (including phenoxy) is 1. The molecule has 1 aliphatic heterocycles. The summed E-state index contributed by atoms with van der Waals surface area (Å²) >= 11 is 0. The summed E-state index contributed by atoms with van der Waals surface area (Å²) in [5.41, 5.74) is 1.27. The van der Waals surface area contributed by atoms with Crippen molar-refractivity contribution in [2.45, 2.75) is 32.0 Å². The topological polar surface area (TPSA) is 69.8 Å². The lowest BCUT2D eigenvalue weighted by Gasteiger charge is -2.21. The molecule has 2 aromatic heterocycles. The molecule has 2 N–H and O–H groups in total. The van der Waals surface area contributed by atoms with Gasteiger partial charge in [-0.05, 0) is 25.0 Å². The molecule has 3 heterocycles. The van der Waals surface area contributed by atoms with Crippen LogP contribution in [0.4, 0.5) is 0 Å². The van der Waals surface area contributed by atoms with E-state index in [2.05, 4.69) is 31.1 Å². The van der Waals surface area contributed by atoms with Crippen molar-refractivity contribution in [2.75, 3.05) is 13.7 Å². The van der Waals surface area contributed by atoms with E-state index in [9.17, 15) is 0 Å². The summed E-state index contributed by atoms with van der Waals surface area (Å²) in [6.45, 7) is 3.73. The number of hydrogen-bond acceptors (Lipinski definition) is 4. The molecule has 6 heteroatoms. The Kier molecular flexibility index (Phi) is 3.35. The number of aromatic amines is 2. The van der Waals surface area contributed by atoms with Gasteiger partial charge in [-0.15, -0.1) is 0 Å². The van der Waals surface area contributed by atoms with Gasteiger partial charge in [-0.25, -0.2) is 4.98 Å². The largest absolute Gasteiger partial charge is 0.380 e. The van der Waals surface area contributed by atoms with Gasteiger partial charge < -0.3 is 9.72 Å². The molecular weight excluding hydrogens is 242 g/mol. The van der Waals surface area contributed by atoms with Crippen LogP contribution < -0.4 is 0 Å². The smallest absolute Gasteiger partial charge is 0.167 e. The average Bonchev–Trinajstić information content (AvgIpc) is 3.10. The summed E-state index contributed by atoms with van der Waals surface area (Å²) in [5.74, 6) is 1.73. The van der Waals surface area contributed by atoms with E-state index in [0.717, 1.165) is 31.2 Å². The number of nitrogens with one attached hydrogen (secondary N) is 2. The Morgan fingerprint density at radius 2 is 2.42 bits per heavy atom. The molecule has 1 saturated heterocycles. The van der Waals surface area contributed by atoms with Crippen LogP contribution in [0.25, 0.3) is 0 Å². The van der Waals surface area contributed by atoms with Gasteiger partial charge >= 0.3 is 0 Å². The summed E-state index contributed by atoms with van der Waals surface area (Å²) in [7, 11) is 1.77. The first-order chi connectivity index (χ1) is 9.26. The molecule has 2 aromatic rings. The molecule has 0 aliphatic carbocycles. The van der Waals surface area contributed by atoms with E-state index in [-0.39, 0.29) is 12.1 Å². The Bertz CT molecular complexity index is 521. The monoisotopic (exact) mass is 261 g/mol. The molecule has 0 aromatic carbocycles. The highest BCUT2D eigenvalue weighted by Crippen LogP contribution is 2.32. The number of aryl methyl sites for hydroxylation is 1. The van der Waals surface area contributed by atoms with Gasteiger partial charge in [0, 0.05) is 32.6 Å². The third-order valence-corrected chi connectivity index (χ3v) is 3.66. The molecule has 2 atom stereocenters. The summed E-state index contributed by atoms with van der Waals surface area (Å²) in [5, 5.41) is 7.23. The summed E-state index contributed by atoms with van der Waals surface area (Å²) in [6.07, 6.45) is 5.17. The van der Waals surface area contributed by atoms with Crippen LogP contribution in [0.5, 0.6) is 0 Å². The molecular formula is C13H19N5O. The fourth-order valence-electron chi connectivity index (χ4n) is 2.68. The second-order valence-electron chi connectivity index (χ2n) is 5.04. The minimum absolute atomic E-state index is 0.227. The number of nitrogens with zero attached hydrogens (tertiary/aromatic N) is 3. The zero-order valence-electron chi connectivity index (χ0n) is 11.3. The van der Waals surface area contributed by atoms with Crippen molar-refractivity contribution in [3.8, 4) is 0 Å². The Labute approximate surface area is 112 Å². The molecule has 0 amide bonds. The standard InChI is InChI=1S/C13H19N5O/c1-9-15-13(17-16-9)12-5-11(19-2)8-18(12)7-10-3-4-14-6-10/h3-4,6,11-12,14H,5,7-8H2,1-2H3,(H,15,16,17)/t11-,12+/m1/s1. The van der Waals surface area contributed by atoms with Gasteiger partial charge in [0.25, 0.3) is 0 Å². The van der Waals surface area contributed by atoms with Crippen LogP contribution in [-0.4, -0.2) is 44.8 Å². The normalized spacial score (nSPS) is 24.1. The molecule has 1 aliphatic rings. The lowest BCUT2D eigenvalue weighted by atomic mass is 10.2. The molecule has 19 heavy (non-hydrogen) atoms. The molecule has 6 nitrogen and oxygen atoms in total. The van der Waals surface area contributed by atoms with Gasteiger partial charge in [-0.1, -0.05) is 0 Å². The molecule has 0 unspecified atom stereocenters. The Hall–Kier alpha value is -1.66. The van der Waals surface area contributed by atoms with E-state index in [4.69, 9.17) is 4.74 Å². The molecule has 0 radical (unpaired) electrons. The minimum atomic E-state index is 0.227. The van der Waals surface area contributed by atoms with Crippen molar-refractivity contribution >= 4 is 0 Å². The Morgan fingerprint density at radius 1 is 1.53 bits per heavy atom. The number of methoxy groups -OCH3 is 1. The maximum atomic E-state index is 5.50. The average molecular weight is 261 g/mol. The summed E-state index contributed by atoms with van der Waals surface area (Å²) in [6, 6.07) is 2.32. The Balaban J connectivity index is 1.79. The Morgan fingerprint density at radius 3 is 3.05 bits per heavy atom. The molecule has 3 rings (SSSR count). The highest BCUT2D eigenvalue weighted by Gasteiger charge is 2.35. The van der Waals surface area contributed by atoms with E-state index >= 15 is 0 Å². The second kappa shape index (κ2) is 5.14. The predicted molar refractivity (Wildman–Crippen MR) is 70.5 cm³/mol. The fourth-order valence-corrected chi connectivity index (χ4v) is 2.68. The van der Waals surface area contributed by atoms with Crippen molar-refractivity contribution in [1.29, 1.82) is 0 Å². The van der Waals surface area contributed by atoms with Crippen LogP contribution in [-0.2, 0) is 11.3 Å². The van der Waals surface area contributed by atoms with Crippen molar-refractivity contribution in [3.05, 3.63) is 35.7 Å². The van der Waals surface area contributed by atoms with Crippen molar-refractivity contribution in [1.82, 2.24) is 25.1 Å². The van der Waals surface area contributed by atoms with Gasteiger partial charge in [0.15, 0.2) is 5.82 Å². The first kappa shape index (κ1) is 12.4. The summed E-state index contributed by atoms with van der Waals surface area (Å²) < 4.78 is 5.50. The van der Waals surface area contributed by atoms with Gasteiger partial charge in [0.05, 0.1) is 12.1 Å². The lowest BCUT2D eigenvalue weighted by molar-refractivity contribution is 0.107. The molecule has 0 saturated carbocycles. The van der Waals surface area contributed by atoms with E-state index in [1.165, 1.54) is 5.56 Å². The third kappa shape index (κ3) is 2.54. The zero-order chi connectivity index (χ0) is 13.2. The third-order valence-electron chi connectivity index (χ3n) is 3.66. The zero-order valence-corrected chi connectivity index (χ0v) is 11.3.